The topological polar surface area (TPSA) is 71.8 Å². The summed E-state index contributed by atoms with van der Waals surface area (Å²) in [6, 6.07) is 9.31. The maximum absolute atomic E-state index is 13.1. The van der Waals surface area contributed by atoms with Crippen molar-refractivity contribution in [2.75, 3.05) is 11.5 Å². The molecule has 1 fully saturated rings. The average Bonchev–Trinajstić information content (AvgIpc) is 3.27. The van der Waals surface area contributed by atoms with Crippen molar-refractivity contribution in [1.29, 1.82) is 0 Å². The standard InChI is InChI=1S/C17H17N3O3S2/c21-16(15-11-19-7-8-24-17(19)18-15)20(10-13-4-2-1-3-5-13)14-6-9-25(22,23)12-14/h1-5,7-8,11,14H,6,9-10,12H2. The van der Waals surface area contributed by atoms with Crippen LogP contribution in [0, 0.1) is 0 Å². The van der Waals surface area contributed by atoms with Gasteiger partial charge < -0.3 is 4.90 Å². The van der Waals surface area contributed by atoms with Gasteiger partial charge in [0.1, 0.15) is 5.69 Å². The van der Waals surface area contributed by atoms with Crippen LogP contribution in [0.1, 0.15) is 22.5 Å². The van der Waals surface area contributed by atoms with Gasteiger partial charge in [-0.2, -0.15) is 0 Å². The second-order valence-corrected chi connectivity index (χ2v) is 9.30. The maximum atomic E-state index is 13.1. The van der Waals surface area contributed by atoms with Crippen LogP contribution >= 0.6 is 11.3 Å². The predicted molar refractivity (Wildman–Crippen MR) is 96.4 cm³/mol. The van der Waals surface area contributed by atoms with Crippen LogP contribution in [0.15, 0.2) is 48.1 Å². The van der Waals surface area contributed by atoms with Crippen LogP contribution in [-0.2, 0) is 16.4 Å². The largest absolute Gasteiger partial charge is 0.329 e. The van der Waals surface area contributed by atoms with E-state index in [0.29, 0.717) is 18.7 Å². The van der Waals surface area contributed by atoms with Gasteiger partial charge in [-0.15, -0.1) is 11.3 Å². The van der Waals surface area contributed by atoms with Gasteiger partial charge in [0.15, 0.2) is 14.8 Å². The smallest absolute Gasteiger partial charge is 0.274 e. The lowest BCUT2D eigenvalue weighted by Crippen LogP contribution is -2.40. The monoisotopic (exact) mass is 375 g/mol. The molecule has 1 saturated heterocycles. The Morgan fingerprint density at radius 1 is 1.32 bits per heavy atom. The van der Waals surface area contributed by atoms with E-state index in [1.807, 2.05) is 46.3 Å². The first kappa shape index (κ1) is 16.3. The molecule has 1 aliphatic rings. The molecule has 1 unspecified atom stereocenters. The highest BCUT2D eigenvalue weighted by atomic mass is 32.2. The fourth-order valence-electron chi connectivity index (χ4n) is 3.15. The van der Waals surface area contributed by atoms with E-state index in [2.05, 4.69) is 4.98 Å². The van der Waals surface area contributed by atoms with Crippen molar-refractivity contribution < 1.29 is 13.2 Å². The minimum absolute atomic E-state index is 0.0216. The maximum Gasteiger partial charge on any atom is 0.274 e. The number of fused-ring (bicyclic) bond motifs is 1. The number of benzene rings is 1. The number of rotatable bonds is 4. The van der Waals surface area contributed by atoms with Gasteiger partial charge in [-0.05, 0) is 12.0 Å². The number of sulfone groups is 1. The number of amides is 1. The fourth-order valence-corrected chi connectivity index (χ4v) is 5.58. The summed E-state index contributed by atoms with van der Waals surface area (Å²) < 4.78 is 25.6. The minimum Gasteiger partial charge on any atom is -0.329 e. The number of aromatic nitrogens is 2. The van der Waals surface area contributed by atoms with Crippen molar-refractivity contribution in [1.82, 2.24) is 14.3 Å². The first-order valence-corrected chi connectivity index (χ1v) is 10.7. The molecule has 3 heterocycles. The third-order valence-corrected chi connectivity index (χ3v) is 6.94. The molecule has 1 aromatic carbocycles. The molecule has 0 saturated carbocycles. The van der Waals surface area contributed by atoms with E-state index in [-0.39, 0.29) is 23.5 Å². The van der Waals surface area contributed by atoms with Gasteiger partial charge in [0.25, 0.3) is 5.91 Å². The lowest BCUT2D eigenvalue weighted by atomic mass is 10.1. The van der Waals surface area contributed by atoms with Crippen molar-refractivity contribution in [3.63, 3.8) is 0 Å². The summed E-state index contributed by atoms with van der Waals surface area (Å²) in [7, 11) is -3.08. The highest BCUT2D eigenvalue weighted by Gasteiger charge is 2.35. The van der Waals surface area contributed by atoms with E-state index in [9.17, 15) is 13.2 Å². The predicted octanol–water partition coefficient (Wildman–Crippen LogP) is 2.23. The quantitative estimate of drug-likeness (QED) is 0.701. The summed E-state index contributed by atoms with van der Waals surface area (Å²) in [5.74, 6) is -0.0654. The molecule has 1 atom stereocenters. The lowest BCUT2D eigenvalue weighted by molar-refractivity contribution is 0.0675. The van der Waals surface area contributed by atoms with E-state index in [1.165, 1.54) is 11.3 Å². The molecule has 0 radical (unpaired) electrons. The Balaban J connectivity index is 1.66. The van der Waals surface area contributed by atoms with Gasteiger partial charge in [-0.1, -0.05) is 30.3 Å². The van der Waals surface area contributed by atoms with E-state index >= 15 is 0 Å². The van der Waals surface area contributed by atoms with Gasteiger partial charge in [0.05, 0.1) is 11.5 Å². The molecule has 0 aliphatic carbocycles. The number of carbonyl (C=O) groups excluding carboxylic acids is 1. The Kier molecular flexibility index (Phi) is 4.09. The van der Waals surface area contributed by atoms with Crippen molar-refractivity contribution in [2.45, 2.75) is 19.0 Å². The summed E-state index contributed by atoms with van der Waals surface area (Å²) >= 11 is 1.46. The Hall–Kier alpha value is -2.19. The molecule has 2 aromatic heterocycles. The molecule has 25 heavy (non-hydrogen) atoms. The number of imidazole rings is 1. The molecular weight excluding hydrogens is 358 g/mol. The van der Waals surface area contributed by atoms with E-state index in [0.717, 1.165) is 10.5 Å². The molecular formula is C17H17N3O3S2. The van der Waals surface area contributed by atoms with E-state index < -0.39 is 9.84 Å². The van der Waals surface area contributed by atoms with Crippen LogP contribution in [0.3, 0.4) is 0 Å². The van der Waals surface area contributed by atoms with Gasteiger partial charge in [0, 0.05) is 30.4 Å². The molecule has 0 bridgehead atoms. The zero-order chi connectivity index (χ0) is 17.4. The van der Waals surface area contributed by atoms with Crippen LogP contribution in [0.2, 0.25) is 0 Å². The highest BCUT2D eigenvalue weighted by Crippen LogP contribution is 2.23. The fraction of sp³-hybridized carbons (Fsp3) is 0.294. The molecule has 1 amide bonds. The molecule has 6 nitrogen and oxygen atoms in total. The van der Waals surface area contributed by atoms with Gasteiger partial charge in [0.2, 0.25) is 0 Å². The Labute approximate surface area is 149 Å². The Morgan fingerprint density at radius 2 is 2.12 bits per heavy atom. The molecule has 1 aliphatic heterocycles. The SMILES string of the molecule is O=C(c1cn2ccsc2n1)N(Cc1ccccc1)C1CCS(=O)(=O)C1. The number of nitrogens with zero attached hydrogens (tertiary/aromatic N) is 3. The molecule has 8 heteroatoms. The second kappa shape index (κ2) is 6.27. The highest BCUT2D eigenvalue weighted by molar-refractivity contribution is 7.91. The zero-order valence-electron chi connectivity index (χ0n) is 13.4. The van der Waals surface area contributed by atoms with Crippen molar-refractivity contribution in [3.8, 4) is 0 Å². The van der Waals surface area contributed by atoms with Crippen molar-refractivity contribution >= 4 is 32.0 Å². The zero-order valence-corrected chi connectivity index (χ0v) is 15.0. The normalized spacial score (nSPS) is 19.3. The average molecular weight is 375 g/mol. The van der Waals surface area contributed by atoms with E-state index in [4.69, 9.17) is 0 Å². The third kappa shape index (κ3) is 3.32. The Morgan fingerprint density at radius 3 is 2.80 bits per heavy atom. The van der Waals surface area contributed by atoms with Crippen LogP contribution in [-0.4, -0.2) is 46.2 Å². The van der Waals surface area contributed by atoms with Gasteiger partial charge in [-0.25, -0.2) is 13.4 Å². The number of hydrogen-bond acceptors (Lipinski definition) is 5. The third-order valence-electron chi connectivity index (χ3n) is 4.42. The van der Waals surface area contributed by atoms with E-state index in [1.54, 1.807) is 11.1 Å². The van der Waals surface area contributed by atoms with Gasteiger partial charge in [-0.3, -0.25) is 9.20 Å². The number of thiazole rings is 1. The minimum atomic E-state index is -3.08. The lowest BCUT2D eigenvalue weighted by Gasteiger charge is -2.27. The Bertz CT molecular complexity index is 980. The van der Waals surface area contributed by atoms with Crippen LogP contribution in [0.25, 0.3) is 4.96 Å². The number of carbonyl (C=O) groups is 1. The molecule has 0 spiro atoms. The molecule has 4 rings (SSSR count). The van der Waals surface area contributed by atoms with Crippen LogP contribution in [0.5, 0.6) is 0 Å². The molecule has 130 valence electrons. The summed E-state index contributed by atoms with van der Waals surface area (Å²) in [5, 5.41) is 1.90. The first-order valence-electron chi connectivity index (χ1n) is 7.99. The number of hydrogen-bond donors (Lipinski definition) is 0. The molecule has 3 aromatic rings. The first-order chi connectivity index (χ1) is 12.0. The van der Waals surface area contributed by atoms with Gasteiger partial charge >= 0.3 is 0 Å². The summed E-state index contributed by atoms with van der Waals surface area (Å²) in [6.45, 7) is 0.380. The van der Waals surface area contributed by atoms with Crippen LogP contribution < -0.4 is 0 Å². The molecule has 0 N–H and O–H groups in total. The summed E-state index contributed by atoms with van der Waals surface area (Å²) in [6.07, 6.45) is 4.03. The second-order valence-electron chi connectivity index (χ2n) is 6.19. The summed E-state index contributed by atoms with van der Waals surface area (Å²) in [5.41, 5.74) is 1.33. The van der Waals surface area contributed by atoms with Crippen LogP contribution in [0.4, 0.5) is 0 Å². The van der Waals surface area contributed by atoms with Crippen molar-refractivity contribution in [3.05, 3.63) is 59.4 Å². The van der Waals surface area contributed by atoms with Crippen molar-refractivity contribution in [2.24, 2.45) is 0 Å². The summed E-state index contributed by atoms with van der Waals surface area (Å²) in [4.78, 5) is 19.9.